The molecule has 4 heteroatoms. The van der Waals surface area contributed by atoms with Gasteiger partial charge in [-0.05, 0) is 12.8 Å². The summed E-state index contributed by atoms with van der Waals surface area (Å²) in [5.41, 5.74) is 0.836. The number of halogens is 1. The zero-order valence-corrected chi connectivity index (χ0v) is 8.64. The molecule has 0 saturated carbocycles. The summed E-state index contributed by atoms with van der Waals surface area (Å²) in [5, 5.41) is 0.540. The topological polar surface area (TPSA) is 35.0 Å². The van der Waals surface area contributed by atoms with Crippen LogP contribution in [-0.2, 0) is 6.42 Å². The lowest BCUT2D eigenvalue weighted by Crippen LogP contribution is -2.00. The predicted octanol–water partition coefficient (Wildman–Crippen LogP) is 2.48. The molecule has 1 heterocycles. The second-order valence-electron chi connectivity index (χ2n) is 2.64. The van der Waals surface area contributed by atoms with Crippen molar-refractivity contribution in [2.24, 2.45) is 0 Å². The van der Waals surface area contributed by atoms with E-state index in [4.69, 9.17) is 16.3 Å². The molecule has 0 fully saturated rings. The van der Waals surface area contributed by atoms with Crippen LogP contribution in [0.2, 0.25) is 5.02 Å². The second kappa shape index (κ2) is 5.02. The van der Waals surface area contributed by atoms with Crippen molar-refractivity contribution >= 4 is 11.6 Å². The summed E-state index contributed by atoms with van der Waals surface area (Å²) in [5.74, 6) is 0.496. The fourth-order valence-corrected chi connectivity index (χ4v) is 1.22. The molecule has 1 rings (SSSR count). The van der Waals surface area contributed by atoms with Gasteiger partial charge in [0.1, 0.15) is 11.3 Å². The van der Waals surface area contributed by atoms with Crippen LogP contribution in [0.3, 0.4) is 0 Å². The maximum absolute atomic E-state index is 5.99. The van der Waals surface area contributed by atoms with E-state index in [1.54, 1.807) is 0 Å². The van der Waals surface area contributed by atoms with Crippen molar-refractivity contribution in [1.29, 1.82) is 0 Å². The first-order valence-electron chi connectivity index (χ1n) is 4.41. The van der Waals surface area contributed by atoms with Gasteiger partial charge in [-0.1, -0.05) is 25.4 Å². The van der Waals surface area contributed by atoms with Gasteiger partial charge >= 0.3 is 0 Å². The maximum atomic E-state index is 5.99. The highest BCUT2D eigenvalue weighted by Gasteiger charge is 2.07. The molecule has 13 heavy (non-hydrogen) atoms. The number of rotatable bonds is 4. The van der Waals surface area contributed by atoms with Crippen LogP contribution in [-0.4, -0.2) is 16.6 Å². The molecule has 0 amide bonds. The molecule has 72 valence electrons. The van der Waals surface area contributed by atoms with E-state index in [1.807, 2.05) is 13.8 Å². The lowest BCUT2D eigenvalue weighted by molar-refractivity contribution is 0.304. The van der Waals surface area contributed by atoms with E-state index in [-0.39, 0.29) is 0 Å². The van der Waals surface area contributed by atoms with E-state index in [9.17, 15) is 0 Å². The SMILES string of the molecule is CCCOc1ncnc(CC)c1Cl. The average molecular weight is 201 g/mol. The van der Waals surface area contributed by atoms with E-state index >= 15 is 0 Å². The third-order valence-electron chi connectivity index (χ3n) is 1.61. The van der Waals surface area contributed by atoms with Crippen molar-refractivity contribution in [3.05, 3.63) is 17.0 Å². The van der Waals surface area contributed by atoms with Crippen LogP contribution < -0.4 is 4.74 Å². The van der Waals surface area contributed by atoms with Gasteiger partial charge < -0.3 is 4.74 Å². The van der Waals surface area contributed by atoms with Crippen LogP contribution in [0.1, 0.15) is 26.0 Å². The molecule has 0 N–H and O–H groups in total. The van der Waals surface area contributed by atoms with Crippen LogP contribution in [0.5, 0.6) is 5.88 Å². The maximum Gasteiger partial charge on any atom is 0.235 e. The highest BCUT2D eigenvalue weighted by Crippen LogP contribution is 2.23. The molecule has 0 unspecified atom stereocenters. The number of ether oxygens (including phenoxy) is 1. The van der Waals surface area contributed by atoms with Gasteiger partial charge in [-0.15, -0.1) is 0 Å². The highest BCUT2D eigenvalue weighted by molar-refractivity contribution is 6.32. The molecule has 0 aliphatic rings. The molecule has 0 aromatic carbocycles. The quantitative estimate of drug-likeness (QED) is 0.749. The minimum absolute atomic E-state index is 0.496. The Kier molecular flexibility index (Phi) is 3.96. The third-order valence-corrected chi connectivity index (χ3v) is 1.99. The number of hydrogen-bond acceptors (Lipinski definition) is 3. The molecular formula is C9H13ClN2O. The number of nitrogens with zero attached hydrogens (tertiary/aromatic N) is 2. The second-order valence-corrected chi connectivity index (χ2v) is 3.02. The van der Waals surface area contributed by atoms with E-state index in [1.165, 1.54) is 6.33 Å². The summed E-state index contributed by atoms with van der Waals surface area (Å²) < 4.78 is 5.35. The van der Waals surface area contributed by atoms with Crippen LogP contribution in [0.25, 0.3) is 0 Å². The van der Waals surface area contributed by atoms with Gasteiger partial charge in [0.05, 0.1) is 12.3 Å². The summed E-state index contributed by atoms with van der Waals surface area (Å²) in [7, 11) is 0. The van der Waals surface area contributed by atoms with E-state index in [0.29, 0.717) is 17.5 Å². The lowest BCUT2D eigenvalue weighted by atomic mass is 10.3. The smallest absolute Gasteiger partial charge is 0.235 e. The number of hydrogen-bond donors (Lipinski definition) is 0. The summed E-state index contributed by atoms with van der Waals surface area (Å²) in [6, 6.07) is 0. The van der Waals surface area contributed by atoms with Crippen molar-refractivity contribution in [3.8, 4) is 5.88 Å². The first-order chi connectivity index (χ1) is 6.29. The van der Waals surface area contributed by atoms with E-state index in [2.05, 4.69) is 9.97 Å². The Morgan fingerprint density at radius 1 is 1.38 bits per heavy atom. The lowest BCUT2D eigenvalue weighted by Gasteiger charge is -2.06. The van der Waals surface area contributed by atoms with Crippen molar-refractivity contribution < 1.29 is 4.74 Å². The molecule has 0 aliphatic heterocycles. The molecule has 1 aromatic heterocycles. The van der Waals surface area contributed by atoms with Crippen molar-refractivity contribution in [3.63, 3.8) is 0 Å². The Labute approximate surface area is 83.1 Å². The van der Waals surface area contributed by atoms with Gasteiger partial charge in [-0.2, -0.15) is 0 Å². The minimum Gasteiger partial charge on any atom is -0.477 e. The third kappa shape index (κ3) is 2.56. The van der Waals surface area contributed by atoms with Crippen LogP contribution in [0, 0.1) is 0 Å². The molecule has 0 radical (unpaired) electrons. The van der Waals surface area contributed by atoms with Crippen LogP contribution >= 0.6 is 11.6 Å². The van der Waals surface area contributed by atoms with E-state index < -0.39 is 0 Å². The molecule has 0 saturated heterocycles. The highest BCUT2D eigenvalue weighted by atomic mass is 35.5. The van der Waals surface area contributed by atoms with Gasteiger partial charge in [0.25, 0.3) is 0 Å². The molecule has 0 atom stereocenters. The van der Waals surface area contributed by atoms with Crippen LogP contribution in [0.4, 0.5) is 0 Å². The fourth-order valence-electron chi connectivity index (χ4n) is 0.934. The Hall–Kier alpha value is -0.830. The van der Waals surface area contributed by atoms with Crippen LogP contribution in [0.15, 0.2) is 6.33 Å². The minimum atomic E-state index is 0.496. The summed E-state index contributed by atoms with van der Waals surface area (Å²) in [6.07, 6.45) is 3.22. The van der Waals surface area contributed by atoms with Crippen molar-refractivity contribution in [1.82, 2.24) is 9.97 Å². The fraction of sp³-hybridized carbons (Fsp3) is 0.556. The van der Waals surface area contributed by atoms with Crippen molar-refractivity contribution in [2.75, 3.05) is 6.61 Å². The summed E-state index contributed by atoms with van der Waals surface area (Å²) in [4.78, 5) is 8.00. The van der Waals surface area contributed by atoms with Gasteiger partial charge in [-0.25, -0.2) is 9.97 Å². The number of aryl methyl sites for hydroxylation is 1. The summed E-state index contributed by atoms with van der Waals surface area (Å²) >= 11 is 5.99. The van der Waals surface area contributed by atoms with Crippen molar-refractivity contribution in [2.45, 2.75) is 26.7 Å². The Morgan fingerprint density at radius 3 is 2.77 bits per heavy atom. The van der Waals surface area contributed by atoms with Gasteiger partial charge in [-0.3, -0.25) is 0 Å². The normalized spacial score (nSPS) is 10.1. The van der Waals surface area contributed by atoms with E-state index in [0.717, 1.165) is 18.5 Å². The first-order valence-corrected chi connectivity index (χ1v) is 4.79. The zero-order valence-electron chi connectivity index (χ0n) is 7.88. The first kappa shape index (κ1) is 10.3. The molecular weight excluding hydrogens is 188 g/mol. The Balaban J connectivity index is 2.81. The molecule has 0 aliphatic carbocycles. The molecule has 3 nitrogen and oxygen atoms in total. The Morgan fingerprint density at radius 2 is 2.15 bits per heavy atom. The summed E-state index contributed by atoms with van der Waals surface area (Å²) in [6.45, 7) is 4.67. The van der Waals surface area contributed by atoms with Gasteiger partial charge in [0, 0.05) is 0 Å². The van der Waals surface area contributed by atoms with Gasteiger partial charge in [0.15, 0.2) is 0 Å². The Bertz CT molecular complexity index is 278. The molecule has 0 spiro atoms. The standard InChI is InChI=1S/C9H13ClN2O/c1-3-5-13-9-8(10)7(4-2)11-6-12-9/h6H,3-5H2,1-2H3. The molecule has 0 bridgehead atoms. The largest absolute Gasteiger partial charge is 0.477 e. The predicted molar refractivity (Wildman–Crippen MR) is 52.2 cm³/mol. The average Bonchev–Trinajstić information content (AvgIpc) is 2.16. The van der Waals surface area contributed by atoms with Gasteiger partial charge in [0.2, 0.25) is 5.88 Å². The monoisotopic (exact) mass is 200 g/mol. The molecule has 1 aromatic rings. The zero-order chi connectivity index (χ0) is 9.68. The number of aromatic nitrogens is 2.